The van der Waals surface area contributed by atoms with Gasteiger partial charge < -0.3 is 20.2 Å². The maximum atomic E-state index is 12.5. The number of aryl methyl sites for hydroxylation is 1. The van der Waals surface area contributed by atoms with Crippen LogP contribution >= 0.6 is 0 Å². The highest BCUT2D eigenvalue weighted by Crippen LogP contribution is 2.31. The SMILES string of the molecule is Cc1ccc(-c2ncco2)cc1NC(=O)N[C@@H]1c2ccccc2C[C@@H]1O. The van der Waals surface area contributed by atoms with Crippen LogP contribution in [0.25, 0.3) is 11.5 Å². The first-order chi connectivity index (χ1) is 12.6. The minimum Gasteiger partial charge on any atom is -0.445 e. The molecule has 0 radical (unpaired) electrons. The Balaban J connectivity index is 1.51. The highest BCUT2D eigenvalue weighted by molar-refractivity contribution is 5.91. The lowest BCUT2D eigenvalue weighted by molar-refractivity contribution is 0.144. The molecule has 4 rings (SSSR count). The molecule has 0 spiro atoms. The monoisotopic (exact) mass is 349 g/mol. The largest absolute Gasteiger partial charge is 0.445 e. The van der Waals surface area contributed by atoms with Crippen molar-refractivity contribution in [3.63, 3.8) is 0 Å². The average molecular weight is 349 g/mol. The molecule has 0 saturated carbocycles. The van der Waals surface area contributed by atoms with E-state index < -0.39 is 12.1 Å². The molecule has 0 aliphatic heterocycles. The van der Waals surface area contributed by atoms with Crippen molar-refractivity contribution in [2.45, 2.75) is 25.5 Å². The number of carbonyl (C=O) groups is 1. The quantitative estimate of drug-likeness (QED) is 0.676. The van der Waals surface area contributed by atoms with Gasteiger partial charge in [-0.2, -0.15) is 0 Å². The zero-order valence-electron chi connectivity index (χ0n) is 14.3. The minimum absolute atomic E-state index is 0.363. The van der Waals surface area contributed by atoms with Gasteiger partial charge in [0, 0.05) is 17.7 Å². The number of hydrogen-bond donors (Lipinski definition) is 3. The number of urea groups is 1. The molecule has 6 heteroatoms. The van der Waals surface area contributed by atoms with E-state index >= 15 is 0 Å². The van der Waals surface area contributed by atoms with Crippen LogP contribution in [0.3, 0.4) is 0 Å². The first-order valence-electron chi connectivity index (χ1n) is 8.46. The van der Waals surface area contributed by atoms with Crippen molar-refractivity contribution in [3.8, 4) is 11.5 Å². The highest BCUT2D eigenvalue weighted by atomic mass is 16.3. The van der Waals surface area contributed by atoms with E-state index in [2.05, 4.69) is 15.6 Å². The maximum absolute atomic E-state index is 12.5. The summed E-state index contributed by atoms with van der Waals surface area (Å²) in [6.45, 7) is 1.91. The van der Waals surface area contributed by atoms with Gasteiger partial charge in [-0.3, -0.25) is 0 Å². The molecule has 1 heterocycles. The lowest BCUT2D eigenvalue weighted by atomic mass is 10.1. The second-order valence-corrected chi connectivity index (χ2v) is 6.41. The number of nitrogens with zero attached hydrogens (tertiary/aromatic N) is 1. The number of aliphatic hydroxyl groups is 1. The van der Waals surface area contributed by atoms with Crippen LogP contribution in [0.15, 0.2) is 59.3 Å². The summed E-state index contributed by atoms with van der Waals surface area (Å²) in [6, 6.07) is 12.6. The summed E-state index contributed by atoms with van der Waals surface area (Å²) in [5.74, 6) is 0.494. The molecule has 0 fully saturated rings. The van der Waals surface area contributed by atoms with Crippen LogP contribution in [0, 0.1) is 6.92 Å². The number of benzene rings is 2. The van der Waals surface area contributed by atoms with Crippen LogP contribution < -0.4 is 10.6 Å². The van der Waals surface area contributed by atoms with Gasteiger partial charge in [-0.05, 0) is 35.7 Å². The molecular formula is C20H19N3O3. The molecule has 1 aromatic heterocycles. The summed E-state index contributed by atoms with van der Waals surface area (Å²) >= 11 is 0. The van der Waals surface area contributed by atoms with Crippen LogP contribution in [0.5, 0.6) is 0 Å². The normalized spacial score (nSPS) is 18.4. The molecule has 3 aromatic rings. The molecule has 2 amide bonds. The number of aliphatic hydroxyl groups excluding tert-OH is 1. The van der Waals surface area contributed by atoms with Gasteiger partial charge in [0.05, 0.1) is 18.3 Å². The number of anilines is 1. The second-order valence-electron chi connectivity index (χ2n) is 6.41. The number of fused-ring (bicyclic) bond motifs is 1. The van der Waals surface area contributed by atoms with Crippen LogP contribution in [-0.4, -0.2) is 22.2 Å². The summed E-state index contributed by atoms with van der Waals surface area (Å²) < 4.78 is 5.31. The summed E-state index contributed by atoms with van der Waals surface area (Å²) in [5.41, 5.74) is 4.39. The van der Waals surface area contributed by atoms with E-state index in [-0.39, 0.29) is 6.03 Å². The van der Waals surface area contributed by atoms with Crippen molar-refractivity contribution in [2.24, 2.45) is 0 Å². The van der Waals surface area contributed by atoms with Gasteiger partial charge in [0.15, 0.2) is 0 Å². The van der Waals surface area contributed by atoms with Crippen molar-refractivity contribution in [3.05, 3.63) is 71.6 Å². The molecule has 2 aromatic carbocycles. The first kappa shape index (κ1) is 16.4. The summed E-state index contributed by atoms with van der Waals surface area (Å²) in [4.78, 5) is 16.6. The fourth-order valence-electron chi connectivity index (χ4n) is 3.30. The van der Waals surface area contributed by atoms with Gasteiger partial charge in [-0.15, -0.1) is 0 Å². The van der Waals surface area contributed by atoms with E-state index in [1.165, 1.54) is 6.26 Å². The van der Waals surface area contributed by atoms with Crippen molar-refractivity contribution in [2.75, 3.05) is 5.32 Å². The van der Waals surface area contributed by atoms with Gasteiger partial charge >= 0.3 is 6.03 Å². The Labute approximate surface area is 150 Å². The Morgan fingerprint density at radius 3 is 2.92 bits per heavy atom. The number of hydrogen-bond acceptors (Lipinski definition) is 4. The van der Waals surface area contributed by atoms with E-state index in [0.29, 0.717) is 18.0 Å². The van der Waals surface area contributed by atoms with Crippen molar-refractivity contribution in [1.29, 1.82) is 0 Å². The molecule has 6 nitrogen and oxygen atoms in total. The number of carbonyl (C=O) groups excluding carboxylic acids is 1. The molecule has 2 atom stereocenters. The third kappa shape index (κ3) is 3.07. The van der Waals surface area contributed by atoms with Gasteiger partial charge in [0.1, 0.15) is 6.26 Å². The number of amides is 2. The fourth-order valence-corrected chi connectivity index (χ4v) is 3.30. The highest BCUT2D eigenvalue weighted by Gasteiger charge is 2.31. The van der Waals surface area contributed by atoms with E-state index in [0.717, 1.165) is 22.3 Å². The summed E-state index contributed by atoms with van der Waals surface area (Å²) in [6.07, 6.45) is 3.00. The Hall–Kier alpha value is -3.12. The molecule has 0 bridgehead atoms. The van der Waals surface area contributed by atoms with E-state index in [4.69, 9.17) is 4.42 Å². The van der Waals surface area contributed by atoms with Crippen LogP contribution in [0.4, 0.5) is 10.5 Å². The molecule has 0 unspecified atom stereocenters. The molecule has 26 heavy (non-hydrogen) atoms. The van der Waals surface area contributed by atoms with Crippen molar-refractivity contribution < 1.29 is 14.3 Å². The van der Waals surface area contributed by atoms with Crippen LogP contribution in [0.2, 0.25) is 0 Å². The van der Waals surface area contributed by atoms with E-state index in [1.807, 2.05) is 49.4 Å². The van der Waals surface area contributed by atoms with Crippen molar-refractivity contribution >= 4 is 11.7 Å². The third-order valence-corrected chi connectivity index (χ3v) is 4.66. The number of aromatic nitrogens is 1. The number of nitrogens with one attached hydrogen (secondary N) is 2. The Bertz CT molecular complexity index is 937. The molecule has 0 saturated heterocycles. The second kappa shape index (κ2) is 6.65. The molecular weight excluding hydrogens is 330 g/mol. The Kier molecular flexibility index (Phi) is 4.18. The summed E-state index contributed by atoms with van der Waals surface area (Å²) in [5, 5.41) is 16.0. The first-order valence-corrected chi connectivity index (χ1v) is 8.46. The lowest BCUT2D eigenvalue weighted by Crippen LogP contribution is -2.36. The number of rotatable bonds is 3. The third-order valence-electron chi connectivity index (χ3n) is 4.66. The predicted molar refractivity (Wildman–Crippen MR) is 97.7 cm³/mol. The standard InChI is InChI=1S/C20H19N3O3/c1-12-6-7-14(19-21-8-9-26-19)10-16(12)22-20(25)23-18-15-5-3-2-4-13(15)11-17(18)24/h2-10,17-18,24H,11H2,1H3,(H2,22,23,25)/t17-,18+/m0/s1. The minimum atomic E-state index is -0.627. The van der Waals surface area contributed by atoms with E-state index in [9.17, 15) is 9.90 Å². The lowest BCUT2D eigenvalue weighted by Gasteiger charge is -2.19. The topological polar surface area (TPSA) is 87.4 Å². The number of oxazole rings is 1. The van der Waals surface area contributed by atoms with Gasteiger partial charge in [0.2, 0.25) is 5.89 Å². The Morgan fingerprint density at radius 1 is 1.27 bits per heavy atom. The molecule has 1 aliphatic rings. The zero-order chi connectivity index (χ0) is 18.1. The van der Waals surface area contributed by atoms with Gasteiger partial charge in [-0.1, -0.05) is 30.3 Å². The van der Waals surface area contributed by atoms with Crippen LogP contribution in [-0.2, 0) is 6.42 Å². The molecule has 1 aliphatic carbocycles. The Morgan fingerprint density at radius 2 is 2.12 bits per heavy atom. The molecule has 132 valence electrons. The van der Waals surface area contributed by atoms with Crippen molar-refractivity contribution in [1.82, 2.24) is 10.3 Å². The van der Waals surface area contributed by atoms with Gasteiger partial charge in [0.25, 0.3) is 0 Å². The van der Waals surface area contributed by atoms with Gasteiger partial charge in [-0.25, -0.2) is 9.78 Å². The maximum Gasteiger partial charge on any atom is 0.319 e. The average Bonchev–Trinajstić information content (AvgIpc) is 3.26. The predicted octanol–water partition coefficient (Wildman–Crippen LogP) is 3.43. The summed E-state index contributed by atoms with van der Waals surface area (Å²) in [7, 11) is 0. The smallest absolute Gasteiger partial charge is 0.319 e. The van der Waals surface area contributed by atoms with Crippen LogP contribution in [0.1, 0.15) is 22.7 Å². The molecule has 3 N–H and O–H groups in total. The van der Waals surface area contributed by atoms with E-state index in [1.54, 1.807) is 6.20 Å². The fraction of sp³-hybridized carbons (Fsp3) is 0.200. The zero-order valence-corrected chi connectivity index (χ0v) is 14.3.